The Kier molecular flexibility index (Phi) is 4.55. The third-order valence-corrected chi connectivity index (χ3v) is 4.03. The first kappa shape index (κ1) is 14.1. The van der Waals surface area contributed by atoms with Crippen molar-refractivity contribution in [3.05, 3.63) is 47.8 Å². The van der Waals surface area contributed by atoms with E-state index in [1.54, 1.807) is 0 Å². The van der Waals surface area contributed by atoms with E-state index in [9.17, 15) is 0 Å². The molecule has 2 heterocycles. The summed E-state index contributed by atoms with van der Waals surface area (Å²) in [5, 5.41) is 7.87. The van der Waals surface area contributed by atoms with Crippen LogP contribution in [0.25, 0.3) is 0 Å². The van der Waals surface area contributed by atoms with Gasteiger partial charge in [-0.3, -0.25) is 4.68 Å². The lowest BCUT2D eigenvalue weighted by molar-refractivity contribution is 0.0940. The Morgan fingerprint density at radius 1 is 1.33 bits per heavy atom. The first-order valence-corrected chi connectivity index (χ1v) is 7.80. The Morgan fingerprint density at radius 3 is 2.95 bits per heavy atom. The van der Waals surface area contributed by atoms with Crippen molar-refractivity contribution in [2.75, 3.05) is 11.9 Å². The summed E-state index contributed by atoms with van der Waals surface area (Å²) >= 11 is 0. The predicted molar refractivity (Wildman–Crippen MR) is 84.3 cm³/mol. The number of anilines is 1. The highest BCUT2D eigenvalue weighted by Crippen LogP contribution is 2.16. The van der Waals surface area contributed by atoms with Crippen LogP contribution < -0.4 is 5.32 Å². The quantitative estimate of drug-likeness (QED) is 0.885. The Hall–Kier alpha value is -1.81. The van der Waals surface area contributed by atoms with Gasteiger partial charge in [0.15, 0.2) is 0 Å². The van der Waals surface area contributed by atoms with Crippen LogP contribution in [0, 0.1) is 0 Å². The number of aromatic nitrogens is 2. The van der Waals surface area contributed by atoms with Gasteiger partial charge in [0.25, 0.3) is 0 Å². The highest BCUT2D eigenvalue weighted by atomic mass is 16.5. The van der Waals surface area contributed by atoms with Crippen molar-refractivity contribution >= 4 is 5.69 Å². The predicted octanol–water partition coefficient (Wildman–Crippen LogP) is 3.24. The molecule has 0 bridgehead atoms. The molecule has 1 saturated heterocycles. The van der Waals surface area contributed by atoms with Gasteiger partial charge >= 0.3 is 0 Å². The van der Waals surface area contributed by atoms with Gasteiger partial charge in [0.05, 0.1) is 24.5 Å². The standard InChI is InChI=1S/C17H23N3O/c1-2-14-6-3-4-7-15(14)10-18-16-11-19-20(12-16)13-17-8-5-9-21-17/h3-4,6-7,11-12,17-18H,2,5,8-10,13H2,1H3. The van der Waals surface area contributed by atoms with Crippen LogP contribution in [0.3, 0.4) is 0 Å². The summed E-state index contributed by atoms with van der Waals surface area (Å²) < 4.78 is 7.62. The van der Waals surface area contributed by atoms with Crippen LogP contribution in [0.2, 0.25) is 0 Å². The summed E-state index contributed by atoms with van der Waals surface area (Å²) in [5.41, 5.74) is 3.82. The molecule has 0 aliphatic carbocycles. The minimum Gasteiger partial charge on any atom is -0.378 e. The molecule has 1 unspecified atom stereocenters. The summed E-state index contributed by atoms with van der Waals surface area (Å²) in [6.45, 7) is 4.78. The Bertz CT molecular complexity index is 573. The number of benzene rings is 1. The normalized spacial score (nSPS) is 18.0. The van der Waals surface area contributed by atoms with Crippen LogP contribution in [-0.4, -0.2) is 22.5 Å². The molecule has 1 aromatic heterocycles. The monoisotopic (exact) mass is 285 g/mol. The number of rotatable bonds is 6. The van der Waals surface area contributed by atoms with E-state index in [1.165, 1.54) is 17.5 Å². The van der Waals surface area contributed by atoms with Crippen molar-refractivity contribution in [3.8, 4) is 0 Å². The minimum absolute atomic E-state index is 0.332. The van der Waals surface area contributed by atoms with Crippen LogP contribution in [-0.2, 0) is 24.2 Å². The van der Waals surface area contributed by atoms with E-state index in [-0.39, 0.29) is 0 Å². The molecular formula is C17H23N3O. The van der Waals surface area contributed by atoms with Gasteiger partial charge in [-0.05, 0) is 30.4 Å². The van der Waals surface area contributed by atoms with Crippen molar-refractivity contribution < 1.29 is 4.74 Å². The van der Waals surface area contributed by atoms with Gasteiger partial charge in [-0.25, -0.2) is 0 Å². The highest BCUT2D eigenvalue weighted by molar-refractivity contribution is 5.40. The molecule has 1 N–H and O–H groups in total. The molecule has 21 heavy (non-hydrogen) atoms. The zero-order valence-corrected chi connectivity index (χ0v) is 12.6. The number of aryl methyl sites for hydroxylation is 1. The van der Waals surface area contributed by atoms with Gasteiger partial charge in [-0.2, -0.15) is 5.10 Å². The molecule has 0 amide bonds. The number of ether oxygens (including phenoxy) is 1. The fourth-order valence-corrected chi connectivity index (χ4v) is 2.82. The largest absolute Gasteiger partial charge is 0.378 e. The average molecular weight is 285 g/mol. The number of nitrogens with zero attached hydrogens (tertiary/aromatic N) is 2. The zero-order chi connectivity index (χ0) is 14.5. The molecule has 3 rings (SSSR count). The van der Waals surface area contributed by atoms with Gasteiger partial charge in [0.1, 0.15) is 0 Å². The number of nitrogens with one attached hydrogen (secondary N) is 1. The summed E-state index contributed by atoms with van der Waals surface area (Å²) in [6.07, 6.45) is 7.67. The third kappa shape index (κ3) is 3.64. The highest BCUT2D eigenvalue weighted by Gasteiger charge is 2.16. The smallest absolute Gasteiger partial charge is 0.0771 e. The maximum Gasteiger partial charge on any atom is 0.0771 e. The van der Waals surface area contributed by atoms with Crippen molar-refractivity contribution in [3.63, 3.8) is 0 Å². The molecule has 1 aliphatic rings. The van der Waals surface area contributed by atoms with Crippen molar-refractivity contribution in [1.29, 1.82) is 0 Å². The number of hydrogen-bond acceptors (Lipinski definition) is 3. The van der Waals surface area contributed by atoms with Crippen LogP contribution in [0.1, 0.15) is 30.9 Å². The molecule has 2 aromatic rings. The fourth-order valence-electron chi connectivity index (χ4n) is 2.82. The van der Waals surface area contributed by atoms with Gasteiger partial charge in [-0.15, -0.1) is 0 Å². The molecule has 0 spiro atoms. The van der Waals surface area contributed by atoms with Gasteiger partial charge in [0, 0.05) is 19.3 Å². The van der Waals surface area contributed by atoms with E-state index < -0.39 is 0 Å². The van der Waals surface area contributed by atoms with Gasteiger partial charge in [-0.1, -0.05) is 31.2 Å². The second-order valence-corrected chi connectivity index (χ2v) is 5.56. The minimum atomic E-state index is 0.332. The maximum atomic E-state index is 5.64. The SMILES string of the molecule is CCc1ccccc1CNc1cnn(CC2CCCO2)c1. The fraction of sp³-hybridized carbons (Fsp3) is 0.471. The van der Waals surface area contributed by atoms with Crippen LogP contribution in [0.15, 0.2) is 36.7 Å². The lowest BCUT2D eigenvalue weighted by atomic mass is 10.1. The van der Waals surface area contributed by atoms with E-state index in [1.807, 2.05) is 10.9 Å². The Morgan fingerprint density at radius 2 is 2.19 bits per heavy atom. The first-order valence-electron chi connectivity index (χ1n) is 7.80. The van der Waals surface area contributed by atoms with Crippen molar-refractivity contribution in [1.82, 2.24) is 9.78 Å². The van der Waals surface area contributed by atoms with Crippen LogP contribution in [0.5, 0.6) is 0 Å². The lowest BCUT2D eigenvalue weighted by Gasteiger charge is -2.09. The molecule has 1 fully saturated rings. The van der Waals surface area contributed by atoms with E-state index in [4.69, 9.17) is 4.74 Å². The molecule has 1 atom stereocenters. The molecule has 112 valence electrons. The molecule has 1 aliphatic heterocycles. The molecule has 4 nitrogen and oxygen atoms in total. The summed E-state index contributed by atoms with van der Waals surface area (Å²) in [6, 6.07) is 8.57. The number of hydrogen-bond donors (Lipinski definition) is 1. The van der Waals surface area contributed by atoms with Gasteiger partial charge < -0.3 is 10.1 Å². The average Bonchev–Trinajstić information content (AvgIpc) is 3.18. The van der Waals surface area contributed by atoms with Gasteiger partial charge in [0.2, 0.25) is 0 Å². The second kappa shape index (κ2) is 6.76. The van der Waals surface area contributed by atoms with E-state index >= 15 is 0 Å². The molecule has 1 aromatic carbocycles. The second-order valence-electron chi connectivity index (χ2n) is 5.56. The van der Waals surface area contributed by atoms with Crippen LogP contribution in [0.4, 0.5) is 5.69 Å². The van der Waals surface area contributed by atoms with Crippen LogP contribution >= 0.6 is 0 Å². The Balaban J connectivity index is 1.57. The zero-order valence-electron chi connectivity index (χ0n) is 12.6. The molecule has 4 heteroatoms. The molecule has 0 radical (unpaired) electrons. The summed E-state index contributed by atoms with van der Waals surface area (Å²) in [7, 11) is 0. The lowest BCUT2D eigenvalue weighted by Crippen LogP contribution is -2.15. The van der Waals surface area contributed by atoms with E-state index in [0.29, 0.717) is 6.10 Å². The molecular weight excluding hydrogens is 262 g/mol. The first-order chi connectivity index (χ1) is 10.3. The third-order valence-electron chi connectivity index (χ3n) is 4.03. The van der Waals surface area contributed by atoms with E-state index in [0.717, 1.165) is 38.2 Å². The topological polar surface area (TPSA) is 39.1 Å². The van der Waals surface area contributed by atoms with E-state index in [2.05, 4.69) is 47.8 Å². The van der Waals surface area contributed by atoms with Crippen molar-refractivity contribution in [2.45, 2.75) is 45.4 Å². The molecule has 0 saturated carbocycles. The summed E-state index contributed by atoms with van der Waals surface area (Å²) in [4.78, 5) is 0. The summed E-state index contributed by atoms with van der Waals surface area (Å²) in [5.74, 6) is 0. The Labute approximate surface area is 126 Å². The van der Waals surface area contributed by atoms with Crippen molar-refractivity contribution in [2.24, 2.45) is 0 Å². The maximum absolute atomic E-state index is 5.64.